The van der Waals surface area contributed by atoms with Crippen LogP contribution in [-0.2, 0) is 16.1 Å². The number of hydrogen-bond acceptors (Lipinski definition) is 4. The highest BCUT2D eigenvalue weighted by Gasteiger charge is 2.44. The lowest BCUT2D eigenvalue weighted by molar-refractivity contribution is -0.154. The number of nitrogens with zero attached hydrogens (tertiary/aromatic N) is 2. The van der Waals surface area contributed by atoms with E-state index >= 15 is 0 Å². The summed E-state index contributed by atoms with van der Waals surface area (Å²) in [5, 5.41) is 5.60. The van der Waals surface area contributed by atoms with Crippen LogP contribution in [0.25, 0.3) is 0 Å². The summed E-state index contributed by atoms with van der Waals surface area (Å²) in [6.07, 6.45) is 0.609. The number of aromatic nitrogens is 1. The van der Waals surface area contributed by atoms with E-state index in [2.05, 4.69) is 10.3 Å². The van der Waals surface area contributed by atoms with Crippen molar-refractivity contribution in [2.45, 2.75) is 52.2 Å². The molecule has 2 heterocycles. The second kappa shape index (κ2) is 4.92. The Balaban J connectivity index is 2.27. The summed E-state index contributed by atoms with van der Waals surface area (Å²) in [6.45, 7) is 7.72. The molecule has 2 rings (SSSR count). The second-order valence-corrected chi connectivity index (χ2v) is 6.30. The third-order valence-electron chi connectivity index (χ3n) is 3.27. The highest BCUT2D eigenvalue weighted by atomic mass is 32.1. The van der Waals surface area contributed by atoms with Gasteiger partial charge < -0.3 is 10.2 Å². The van der Waals surface area contributed by atoms with E-state index in [4.69, 9.17) is 0 Å². The van der Waals surface area contributed by atoms with Crippen LogP contribution in [0.5, 0.6) is 0 Å². The molecule has 1 N–H and O–H groups in total. The summed E-state index contributed by atoms with van der Waals surface area (Å²) < 4.78 is 0. The van der Waals surface area contributed by atoms with E-state index in [-0.39, 0.29) is 11.8 Å². The van der Waals surface area contributed by atoms with E-state index in [1.807, 2.05) is 19.2 Å². The summed E-state index contributed by atoms with van der Waals surface area (Å²) in [7, 11) is 0. The maximum absolute atomic E-state index is 12.5. The number of rotatable bonds is 3. The Bertz CT molecular complexity index is 510. The number of aryl methyl sites for hydroxylation is 1. The molecule has 0 aliphatic carbocycles. The van der Waals surface area contributed by atoms with Gasteiger partial charge in [0.05, 0.1) is 6.54 Å². The number of carbonyl (C=O) groups excluding carboxylic acids is 2. The largest absolute Gasteiger partial charge is 0.340 e. The van der Waals surface area contributed by atoms with E-state index in [1.165, 1.54) is 11.3 Å². The molecule has 1 aromatic rings. The predicted molar refractivity (Wildman–Crippen MR) is 73.7 cm³/mol. The third kappa shape index (κ3) is 2.63. The quantitative estimate of drug-likeness (QED) is 0.912. The lowest BCUT2D eigenvalue weighted by Gasteiger charge is -2.42. The third-order valence-corrected chi connectivity index (χ3v) is 4.22. The molecule has 1 aliphatic rings. The molecule has 1 aliphatic heterocycles. The van der Waals surface area contributed by atoms with Crippen molar-refractivity contribution in [1.82, 2.24) is 15.2 Å². The summed E-state index contributed by atoms with van der Waals surface area (Å²) in [4.78, 5) is 30.6. The molecule has 1 aromatic heterocycles. The molecule has 2 amide bonds. The molecule has 5 nitrogen and oxygen atoms in total. The first-order chi connectivity index (χ1) is 8.85. The van der Waals surface area contributed by atoms with Gasteiger partial charge in [-0.05, 0) is 27.2 Å². The smallest absolute Gasteiger partial charge is 0.248 e. The van der Waals surface area contributed by atoms with Gasteiger partial charge in [-0.15, -0.1) is 11.3 Å². The number of thiazole rings is 1. The van der Waals surface area contributed by atoms with E-state index in [0.717, 1.165) is 10.7 Å². The number of carbonyl (C=O) groups is 2. The Kier molecular flexibility index (Phi) is 3.62. The minimum atomic E-state index is -0.838. The molecule has 6 heteroatoms. The van der Waals surface area contributed by atoms with Gasteiger partial charge in [-0.1, -0.05) is 6.92 Å². The first-order valence-electron chi connectivity index (χ1n) is 6.39. The fourth-order valence-electron chi connectivity index (χ4n) is 2.30. The van der Waals surface area contributed by atoms with Crippen molar-refractivity contribution in [2.24, 2.45) is 0 Å². The van der Waals surface area contributed by atoms with Crippen LogP contribution in [0.4, 0.5) is 0 Å². The van der Waals surface area contributed by atoms with Gasteiger partial charge in [-0.3, -0.25) is 9.59 Å². The van der Waals surface area contributed by atoms with Crippen LogP contribution < -0.4 is 5.32 Å². The van der Waals surface area contributed by atoms with Gasteiger partial charge in [0.2, 0.25) is 11.8 Å². The standard InChI is InChI=1S/C13H19N3O2S/c1-5-9-11(17)15-13(3,4)12(18)16(9)6-10-14-8(2)7-19-10/h7,9H,5-6H2,1-4H3,(H,15,17). The molecule has 0 aromatic carbocycles. The molecule has 1 atom stereocenters. The van der Waals surface area contributed by atoms with Crippen molar-refractivity contribution in [3.63, 3.8) is 0 Å². The lowest BCUT2D eigenvalue weighted by atomic mass is 9.96. The Morgan fingerprint density at radius 1 is 1.47 bits per heavy atom. The van der Waals surface area contributed by atoms with E-state index in [9.17, 15) is 9.59 Å². The van der Waals surface area contributed by atoms with E-state index in [1.54, 1.807) is 18.7 Å². The van der Waals surface area contributed by atoms with Crippen LogP contribution in [-0.4, -0.2) is 33.3 Å². The maximum Gasteiger partial charge on any atom is 0.248 e. The second-order valence-electron chi connectivity index (χ2n) is 5.35. The maximum atomic E-state index is 12.5. The Hall–Kier alpha value is -1.43. The van der Waals surface area contributed by atoms with Gasteiger partial charge >= 0.3 is 0 Å². The van der Waals surface area contributed by atoms with Crippen LogP contribution in [0.1, 0.15) is 37.9 Å². The van der Waals surface area contributed by atoms with E-state index in [0.29, 0.717) is 13.0 Å². The Labute approximate surface area is 117 Å². The van der Waals surface area contributed by atoms with Crippen LogP contribution in [0.15, 0.2) is 5.38 Å². The van der Waals surface area contributed by atoms with Gasteiger partial charge in [0, 0.05) is 11.1 Å². The topological polar surface area (TPSA) is 62.3 Å². The fourth-order valence-corrected chi connectivity index (χ4v) is 3.07. The average Bonchev–Trinajstić information content (AvgIpc) is 2.71. The zero-order valence-electron chi connectivity index (χ0n) is 11.7. The highest BCUT2D eigenvalue weighted by molar-refractivity contribution is 7.09. The lowest BCUT2D eigenvalue weighted by Crippen LogP contribution is -2.67. The van der Waals surface area contributed by atoms with Gasteiger partial charge in [0.15, 0.2) is 0 Å². The SMILES string of the molecule is CCC1C(=O)NC(C)(C)C(=O)N1Cc1nc(C)cs1. The fraction of sp³-hybridized carbons (Fsp3) is 0.615. The summed E-state index contributed by atoms with van der Waals surface area (Å²) >= 11 is 1.52. The summed E-state index contributed by atoms with van der Waals surface area (Å²) in [5.41, 5.74) is 0.107. The molecular formula is C13H19N3O2S. The molecule has 0 bridgehead atoms. The minimum absolute atomic E-state index is 0.0493. The number of piperazine rings is 1. The van der Waals surface area contributed by atoms with Crippen molar-refractivity contribution >= 4 is 23.2 Å². The number of amides is 2. The number of hydrogen-bond donors (Lipinski definition) is 1. The van der Waals surface area contributed by atoms with Crippen LogP contribution in [0.3, 0.4) is 0 Å². The molecule has 0 spiro atoms. The Morgan fingerprint density at radius 3 is 2.68 bits per heavy atom. The summed E-state index contributed by atoms with van der Waals surface area (Å²) in [6, 6.07) is -0.398. The molecule has 0 radical (unpaired) electrons. The van der Waals surface area contributed by atoms with Gasteiger partial charge in [0.1, 0.15) is 16.6 Å². The normalized spacial score (nSPS) is 22.5. The van der Waals surface area contributed by atoms with Crippen molar-refractivity contribution in [2.75, 3.05) is 0 Å². The van der Waals surface area contributed by atoms with E-state index < -0.39 is 11.6 Å². The molecule has 1 saturated heterocycles. The zero-order valence-corrected chi connectivity index (χ0v) is 12.5. The molecular weight excluding hydrogens is 262 g/mol. The average molecular weight is 281 g/mol. The number of nitrogens with one attached hydrogen (secondary N) is 1. The first kappa shape index (κ1) is 14.0. The predicted octanol–water partition coefficient (Wildman–Crippen LogP) is 1.47. The molecule has 0 saturated carbocycles. The Morgan fingerprint density at radius 2 is 2.16 bits per heavy atom. The van der Waals surface area contributed by atoms with Gasteiger partial charge in [0.25, 0.3) is 0 Å². The summed E-state index contributed by atoms with van der Waals surface area (Å²) in [5.74, 6) is -0.132. The van der Waals surface area contributed by atoms with Crippen molar-refractivity contribution in [3.05, 3.63) is 16.1 Å². The zero-order chi connectivity index (χ0) is 14.2. The van der Waals surface area contributed by atoms with Crippen molar-refractivity contribution in [3.8, 4) is 0 Å². The van der Waals surface area contributed by atoms with Crippen LogP contribution in [0, 0.1) is 6.92 Å². The molecule has 104 valence electrons. The first-order valence-corrected chi connectivity index (χ1v) is 7.27. The molecule has 19 heavy (non-hydrogen) atoms. The monoisotopic (exact) mass is 281 g/mol. The van der Waals surface area contributed by atoms with Crippen LogP contribution in [0.2, 0.25) is 0 Å². The highest BCUT2D eigenvalue weighted by Crippen LogP contribution is 2.23. The molecule has 1 fully saturated rings. The van der Waals surface area contributed by atoms with Gasteiger partial charge in [-0.25, -0.2) is 4.98 Å². The van der Waals surface area contributed by atoms with Crippen molar-refractivity contribution < 1.29 is 9.59 Å². The minimum Gasteiger partial charge on any atom is -0.340 e. The van der Waals surface area contributed by atoms with Crippen molar-refractivity contribution in [1.29, 1.82) is 0 Å². The van der Waals surface area contributed by atoms with Gasteiger partial charge in [-0.2, -0.15) is 0 Å². The molecule has 1 unspecified atom stereocenters. The van der Waals surface area contributed by atoms with Crippen LogP contribution >= 0.6 is 11.3 Å².